The topological polar surface area (TPSA) is 83.5 Å². The Kier molecular flexibility index (Phi) is 7.68. The second-order valence-corrected chi connectivity index (χ2v) is 8.75. The lowest BCUT2D eigenvalue weighted by molar-refractivity contribution is 0.1000. The van der Waals surface area contributed by atoms with Gasteiger partial charge in [0.25, 0.3) is 0 Å². The third kappa shape index (κ3) is 5.80. The Morgan fingerprint density at radius 3 is 2.90 bits per heavy atom. The van der Waals surface area contributed by atoms with Gasteiger partial charge in [-0.15, -0.1) is 0 Å². The van der Waals surface area contributed by atoms with Crippen LogP contribution in [0.15, 0.2) is 48.1 Å². The fraction of sp³-hybridized carbons (Fsp3) is 0.560. The molecule has 4 heteroatoms. The number of allylic oxidation sites excluding steroid dienone is 2. The summed E-state index contributed by atoms with van der Waals surface area (Å²) in [5.74, 6) is 0.620. The normalized spacial score (nSPS) is 27.2. The van der Waals surface area contributed by atoms with Crippen molar-refractivity contribution in [3.8, 4) is 0 Å². The van der Waals surface area contributed by atoms with Crippen LogP contribution in [0.4, 0.5) is 0 Å². The molecule has 1 fully saturated rings. The van der Waals surface area contributed by atoms with Crippen molar-refractivity contribution in [2.75, 3.05) is 0 Å². The van der Waals surface area contributed by atoms with Crippen molar-refractivity contribution >= 4 is 5.91 Å². The number of carbonyl (C=O) groups excluding carboxylic acids is 1. The van der Waals surface area contributed by atoms with Crippen molar-refractivity contribution in [2.24, 2.45) is 23.5 Å². The first-order valence-electron chi connectivity index (χ1n) is 11.1. The monoisotopic (exact) mass is 397 g/mol. The van der Waals surface area contributed by atoms with E-state index in [2.05, 4.69) is 19.1 Å². The summed E-state index contributed by atoms with van der Waals surface area (Å²) in [5.41, 5.74) is 8.51. The van der Waals surface area contributed by atoms with Gasteiger partial charge in [0.05, 0.1) is 12.2 Å². The van der Waals surface area contributed by atoms with E-state index >= 15 is 0 Å². The number of aryl methyl sites for hydroxylation is 1. The Labute approximate surface area is 174 Å². The third-order valence-electron chi connectivity index (χ3n) is 6.56. The molecule has 158 valence electrons. The van der Waals surface area contributed by atoms with Gasteiger partial charge in [-0.1, -0.05) is 62.1 Å². The number of aliphatic hydroxyl groups is 2. The largest absolute Gasteiger partial charge is 0.392 e. The zero-order chi connectivity index (χ0) is 20.8. The number of primary amides is 1. The molecule has 1 aromatic carbocycles. The molecule has 2 aliphatic carbocycles. The number of fused-ring (bicyclic) bond motifs is 1. The molecule has 2 aliphatic rings. The van der Waals surface area contributed by atoms with E-state index in [-0.39, 0.29) is 17.9 Å². The molecule has 0 radical (unpaired) electrons. The van der Waals surface area contributed by atoms with Gasteiger partial charge >= 0.3 is 0 Å². The summed E-state index contributed by atoms with van der Waals surface area (Å²) in [7, 11) is 0. The zero-order valence-corrected chi connectivity index (χ0v) is 17.5. The number of rotatable bonds is 10. The number of carbonyl (C=O) groups is 1. The van der Waals surface area contributed by atoms with E-state index in [4.69, 9.17) is 5.73 Å². The lowest BCUT2D eigenvalue weighted by Gasteiger charge is -2.19. The highest BCUT2D eigenvalue weighted by molar-refractivity contribution is 5.92. The molecule has 0 bridgehead atoms. The van der Waals surface area contributed by atoms with Gasteiger partial charge in [0.2, 0.25) is 5.91 Å². The van der Waals surface area contributed by atoms with Crippen molar-refractivity contribution in [3.05, 3.63) is 59.2 Å². The Balaban J connectivity index is 1.53. The van der Waals surface area contributed by atoms with Gasteiger partial charge in [0, 0.05) is 11.5 Å². The quantitative estimate of drug-likeness (QED) is 0.409. The number of aliphatic hydroxyl groups excluding tert-OH is 2. The van der Waals surface area contributed by atoms with E-state index in [0.717, 1.165) is 56.9 Å². The summed E-state index contributed by atoms with van der Waals surface area (Å²) in [6.45, 7) is 2.16. The number of unbranched alkanes of at least 4 members (excludes halogenated alkanes) is 2. The molecule has 0 aliphatic heterocycles. The van der Waals surface area contributed by atoms with Gasteiger partial charge in [-0.25, -0.2) is 0 Å². The maximum Gasteiger partial charge on any atom is 0.248 e. The van der Waals surface area contributed by atoms with Crippen LogP contribution in [0.2, 0.25) is 0 Å². The van der Waals surface area contributed by atoms with Crippen LogP contribution < -0.4 is 5.73 Å². The van der Waals surface area contributed by atoms with Crippen LogP contribution >= 0.6 is 0 Å². The summed E-state index contributed by atoms with van der Waals surface area (Å²) in [5, 5.41) is 20.7. The molecule has 4 nitrogen and oxygen atoms in total. The Hall–Kier alpha value is -1.91. The average molecular weight is 398 g/mol. The van der Waals surface area contributed by atoms with Gasteiger partial charge in [-0.05, 0) is 61.6 Å². The predicted molar refractivity (Wildman–Crippen MR) is 116 cm³/mol. The molecular formula is C25H35NO3. The van der Waals surface area contributed by atoms with Crippen molar-refractivity contribution in [1.82, 2.24) is 0 Å². The van der Waals surface area contributed by atoms with E-state index in [1.165, 1.54) is 5.57 Å². The molecule has 0 aromatic heterocycles. The zero-order valence-electron chi connectivity index (χ0n) is 17.5. The summed E-state index contributed by atoms with van der Waals surface area (Å²) < 4.78 is 0. The molecule has 0 heterocycles. The Morgan fingerprint density at radius 1 is 1.31 bits per heavy atom. The predicted octanol–water partition coefficient (Wildman–Crippen LogP) is 4.16. The second-order valence-electron chi connectivity index (χ2n) is 8.75. The average Bonchev–Trinajstić information content (AvgIpc) is 3.21. The van der Waals surface area contributed by atoms with Crippen LogP contribution in [-0.4, -0.2) is 28.3 Å². The number of hydrogen-bond donors (Lipinski definition) is 3. The molecule has 5 atom stereocenters. The standard InChI is InChI=1S/C25H35NO3/c1-2-3-4-8-21(27)11-12-22-23-15-18(14-20(23)16-24(22)28)10-9-17-6-5-7-19(13-17)25(26)29/h5-7,11-14,20-24,27-28H,2-4,8-10,15-16H2,1H3,(H2,26,29)/t20-,21-,22+,23-,24+/m0/s1. The maximum absolute atomic E-state index is 11.4. The molecule has 1 saturated carbocycles. The van der Waals surface area contributed by atoms with Gasteiger partial charge in [-0.2, -0.15) is 0 Å². The van der Waals surface area contributed by atoms with Crippen LogP contribution in [0, 0.1) is 17.8 Å². The third-order valence-corrected chi connectivity index (χ3v) is 6.56. The highest BCUT2D eigenvalue weighted by Crippen LogP contribution is 2.48. The summed E-state index contributed by atoms with van der Waals surface area (Å²) >= 11 is 0. The van der Waals surface area contributed by atoms with Crippen molar-refractivity contribution in [3.63, 3.8) is 0 Å². The van der Waals surface area contributed by atoms with E-state index in [1.54, 1.807) is 6.07 Å². The van der Waals surface area contributed by atoms with Crippen LogP contribution in [-0.2, 0) is 6.42 Å². The fourth-order valence-electron chi connectivity index (χ4n) is 4.93. The molecule has 0 saturated heterocycles. The molecule has 3 rings (SSSR count). The summed E-state index contributed by atoms with van der Waals surface area (Å²) in [6.07, 6.45) is 13.5. The van der Waals surface area contributed by atoms with Crippen LogP contribution in [0.3, 0.4) is 0 Å². The molecule has 0 unspecified atom stereocenters. The second kappa shape index (κ2) is 10.2. The Morgan fingerprint density at radius 2 is 2.14 bits per heavy atom. The number of benzene rings is 1. The summed E-state index contributed by atoms with van der Waals surface area (Å²) in [6, 6.07) is 7.56. The smallest absolute Gasteiger partial charge is 0.248 e. The molecule has 0 spiro atoms. The highest BCUT2D eigenvalue weighted by atomic mass is 16.3. The van der Waals surface area contributed by atoms with Crippen molar-refractivity contribution in [2.45, 2.75) is 70.5 Å². The molecule has 29 heavy (non-hydrogen) atoms. The SMILES string of the molecule is CCCCC[C@H](O)C=C[C@@H]1[C@H]2CC(CCc3cccc(C(N)=O)c3)=C[C@H]2C[C@H]1O. The molecule has 1 amide bonds. The lowest BCUT2D eigenvalue weighted by Crippen LogP contribution is -2.18. The molecule has 4 N–H and O–H groups in total. The minimum Gasteiger partial charge on any atom is -0.392 e. The van der Waals surface area contributed by atoms with Crippen molar-refractivity contribution < 1.29 is 15.0 Å². The van der Waals surface area contributed by atoms with Crippen LogP contribution in [0.5, 0.6) is 0 Å². The van der Waals surface area contributed by atoms with E-state index in [1.807, 2.05) is 24.3 Å². The van der Waals surface area contributed by atoms with E-state index in [0.29, 0.717) is 17.4 Å². The number of nitrogens with two attached hydrogens (primary N) is 1. The lowest BCUT2D eigenvalue weighted by atomic mass is 9.88. The Bertz CT molecular complexity index is 754. The first-order chi connectivity index (χ1) is 14.0. The molecular weight excluding hydrogens is 362 g/mol. The maximum atomic E-state index is 11.4. The minimum atomic E-state index is -0.404. The van der Waals surface area contributed by atoms with Crippen LogP contribution in [0.1, 0.15) is 67.8 Å². The number of hydrogen-bond acceptors (Lipinski definition) is 3. The first-order valence-corrected chi connectivity index (χ1v) is 11.1. The van der Waals surface area contributed by atoms with Gasteiger partial charge < -0.3 is 15.9 Å². The summed E-state index contributed by atoms with van der Waals surface area (Å²) in [4.78, 5) is 11.4. The van der Waals surface area contributed by atoms with Crippen LogP contribution in [0.25, 0.3) is 0 Å². The number of amides is 1. The highest BCUT2D eigenvalue weighted by Gasteiger charge is 2.43. The van der Waals surface area contributed by atoms with E-state index in [9.17, 15) is 15.0 Å². The fourth-order valence-corrected chi connectivity index (χ4v) is 4.93. The van der Waals surface area contributed by atoms with Crippen molar-refractivity contribution in [1.29, 1.82) is 0 Å². The van der Waals surface area contributed by atoms with Gasteiger partial charge in [-0.3, -0.25) is 4.79 Å². The molecule has 1 aromatic rings. The van der Waals surface area contributed by atoms with E-state index < -0.39 is 6.10 Å². The minimum absolute atomic E-state index is 0.132. The van der Waals surface area contributed by atoms with Gasteiger partial charge in [0.1, 0.15) is 0 Å². The van der Waals surface area contributed by atoms with Gasteiger partial charge in [0.15, 0.2) is 0 Å². The first kappa shape index (κ1) is 21.8.